The molecule has 7 unspecified atom stereocenters. The van der Waals surface area contributed by atoms with Crippen molar-refractivity contribution < 1.29 is 9.90 Å². The van der Waals surface area contributed by atoms with E-state index in [-0.39, 0.29) is 40.9 Å². The van der Waals surface area contributed by atoms with Crippen LogP contribution in [0.25, 0.3) is 0 Å². The minimum Gasteiger partial charge on any atom is -0.392 e. The molecule has 0 spiro atoms. The minimum atomic E-state index is -0.424. The zero-order chi connectivity index (χ0) is 19.3. The number of benzene rings is 1. The highest BCUT2D eigenvalue weighted by Gasteiger charge is 2.54. The zero-order valence-corrected chi connectivity index (χ0v) is 17.2. The van der Waals surface area contributed by atoms with E-state index in [1.165, 1.54) is 17.3 Å². The van der Waals surface area contributed by atoms with Gasteiger partial charge in [-0.05, 0) is 41.8 Å². The number of carbonyl (C=O) groups excluding carboxylic acids is 1. The highest BCUT2D eigenvalue weighted by molar-refractivity contribution is 8.06. The first kappa shape index (κ1) is 19.3. The topological polar surface area (TPSA) is 75.3 Å². The summed E-state index contributed by atoms with van der Waals surface area (Å²) in [6, 6.07) is 8.56. The van der Waals surface area contributed by atoms with E-state index in [0.29, 0.717) is 23.2 Å². The number of piperidine rings is 1. The standard InChI is InChI=1S/C21H27ClN2O2S/c1-10-7-15(25)17(13-5-3-12(4-6-13)11(2)9-23)18-14-8-16(22)27-20(14)21(26)24-19(10)18/h3-6,8,10-11,14-15,17-20,25H,7,9,23H2,1-2H3,(H,24,26)/t10?,11-,14?,15?,17?,18?,19?,20?/m0/s1. The molecular weight excluding hydrogens is 380 g/mol. The number of nitrogens with two attached hydrogens (primary N) is 1. The molecule has 27 heavy (non-hydrogen) atoms. The highest BCUT2D eigenvalue weighted by atomic mass is 35.5. The van der Waals surface area contributed by atoms with Crippen LogP contribution >= 0.6 is 23.4 Å². The number of aliphatic hydroxyl groups is 1. The van der Waals surface area contributed by atoms with Crippen molar-refractivity contribution in [3.63, 3.8) is 0 Å². The first-order valence-electron chi connectivity index (χ1n) is 9.73. The Morgan fingerprint density at radius 3 is 2.74 bits per heavy atom. The molecule has 0 bridgehead atoms. The molecule has 1 saturated heterocycles. The van der Waals surface area contributed by atoms with Gasteiger partial charge in [0.05, 0.1) is 15.7 Å². The summed E-state index contributed by atoms with van der Waals surface area (Å²) < 4.78 is 0.694. The smallest absolute Gasteiger partial charge is 0.234 e. The molecule has 6 heteroatoms. The molecule has 2 aliphatic heterocycles. The van der Waals surface area contributed by atoms with Crippen LogP contribution in [0.1, 0.15) is 43.2 Å². The molecule has 2 fully saturated rings. The Kier molecular flexibility index (Phi) is 5.32. The predicted molar refractivity (Wildman–Crippen MR) is 111 cm³/mol. The fraction of sp³-hybridized carbons (Fsp3) is 0.571. The second-order valence-electron chi connectivity index (χ2n) is 8.31. The van der Waals surface area contributed by atoms with Gasteiger partial charge in [-0.2, -0.15) is 0 Å². The van der Waals surface area contributed by atoms with Crippen LogP contribution in [-0.2, 0) is 4.79 Å². The molecule has 1 aromatic rings. The molecule has 1 amide bonds. The first-order valence-corrected chi connectivity index (χ1v) is 11.0. The van der Waals surface area contributed by atoms with Gasteiger partial charge in [0.2, 0.25) is 5.91 Å². The molecule has 2 heterocycles. The maximum absolute atomic E-state index is 12.6. The van der Waals surface area contributed by atoms with Crippen LogP contribution < -0.4 is 11.1 Å². The quantitative estimate of drug-likeness (QED) is 0.720. The van der Waals surface area contributed by atoms with Crippen molar-refractivity contribution >= 4 is 29.3 Å². The normalized spacial score (nSPS) is 39.2. The molecule has 8 atom stereocenters. The molecule has 4 N–H and O–H groups in total. The van der Waals surface area contributed by atoms with Gasteiger partial charge in [-0.1, -0.05) is 55.8 Å². The summed E-state index contributed by atoms with van der Waals surface area (Å²) in [5, 5.41) is 14.1. The average Bonchev–Trinajstić information content (AvgIpc) is 3.05. The van der Waals surface area contributed by atoms with E-state index in [1.807, 2.05) is 6.08 Å². The number of thioether (sulfide) groups is 1. The van der Waals surface area contributed by atoms with Gasteiger partial charge in [0.15, 0.2) is 0 Å². The Bertz CT molecular complexity index is 753. The largest absolute Gasteiger partial charge is 0.392 e. The van der Waals surface area contributed by atoms with E-state index in [4.69, 9.17) is 17.3 Å². The molecule has 1 aromatic carbocycles. The Balaban J connectivity index is 1.71. The molecule has 4 rings (SSSR count). The first-order chi connectivity index (χ1) is 12.9. The minimum absolute atomic E-state index is 0.0130. The third kappa shape index (κ3) is 3.33. The summed E-state index contributed by atoms with van der Waals surface area (Å²) in [7, 11) is 0. The summed E-state index contributed by atoms with van der Waals surface area (Å²) in [6.45, 7) is 4.85. The van der Waals surface area contributed by atoms with Crippen LogP contribution in [-0.4, -0.2) is 35.0 Å². The number of fused-ring (bicyclic) bond motifs is 3. The average molecular weight is 407 g/mol. The number of allylic oxidation sites excluding steroid dienone is 1. The van der Waals surface area contributed by atoms with E-state index < -0.39 is 6.10 Å². The molecule has 3 aliphatic rings. The van der Waals surface area contributed by atoms with Crippen LogP contribution in [0.15, 0.2) is 34.7 Å². The third-order valence-electron chi connectivity index (χ3n) is 6.64. The third-order valence-corrected chi connectivity index (χ3v) is 8.18. The van der Waals surface area contributed by atoms with E-state index >= 15 is 0 Å². The summed E-state index contributed by atoms with van der Waals surface area (Å²) >= 11 is 7.73. The molecule has 146 valence electrons. The number of hydrogen-bond acceptors (Lipinski definition) is 4. The Morgan fingerprint density at radius 2 is 2.07 bits per heavy atom. The van der Waals surface area contributed by atoms with Gasteiger partial charge in [-0.3, -0.25) is 4.79 Å². The van der Waals surface area contributed by atoms with Crippen LogP contribution in [0.2, 0.25) is 0 Å². The summed E-state index contributed by atoms with van der Waals surface area (Å²) in [6.07, 6.45) is 2.30. The lowest BCUT2D eigenvalue weighted by Gasteiger charge is -2.51. The van der Waals surface area contributed by atoms with Gasteiger partial charge >= 0.3 is 0 Å². The van der Waals surface area contributed by atoms with Gasteiger partial charge in [-0.15, -0.1) is 11.8 Å². The van der Waals surface area contributed by atoms with E-state index in [1.54, 1.807) is 0 Å². The lowest BCUT2D eigenvalue weighted by molar-refractivity contribution is -0.128. The van der Waals surface area contributed by atoms with Crippen LogP contribution in [0, 0.1) is 17.8 Å². The number of aliphatic hydroxyl groups excluding tert-OH is 1. The fourth-order valence-corrected chi connectivity index (χ4v) is 6.65. The molecular formula is C21H27ClN2O2S. The van der Waals surface area contributed by atoms with Gasteiger partial charge in [0, 0.05) is 17.9 Å². The number of amides is 1. The van der Waals surface area contributed by atoms with Crippen molar-refractivity contribution in [3.05, 3.63) is 45.8 Å². The van der Waals surface area contributed by atoms with Crippen molar-refractivity contribution in [3.8, 4) is 0 Å². The van der Waals surface area contributed by atoms with Crippen molar-refractivity contribution in [2.45, 2.75) is 49.5 Å². The van der Waals surface area contributed by atoms with Gasteiger partial charge in [0.1, 0.15) is 0 Å². The van der Waals surface area contributed by atoms with Gasteiger partial charge < -0.3 is 16.2 Å². The fourth-order valence-electron chi connectivity index (χ4n) is 5.14. The number of rotatable bonds is 3. The SMILES string of the molecule is CC1CC(O)C(c2ccc([C@@H](C)CN)cc2)C2C3C=C(Cl)SC3C(=O)NC12. The highest BCUT2D eigenvalue weighted by Crippen LogP contribution is 2.53. The molecule has 1 saturated carbocycles. The van der Waals surface area contributed by atoms with Crippen LogP contribution in [0.4, 0.5) is 0 Å². The second-order valence-corrected chi connectivity index (χ2v) is 10.1. The van der Waals surface area contributed by atoms with Crippen LogP contribution in [0.5, 0.6) is 0 Å². The zero-order valence-electron chi connectivity index (χ0n) is 15.6. The van der Waals surface area contributed by atoms with Crippen molar-refractivity contribution in [1.29, 1.82) is 0 Å². The van der Waals surface area contributed by atoms with E-state index in [0.717, 1.165) is 5.56 Å². The Labute approximate surface area is 169 Å². The lowest BCUT2D eigenvalue weighted by atomic mass is 9.60. The van der Waals surface area contributed by atoms with Crippen molar-refractivity contribution in [2.24, 2.45) is 23.5 Å². The van der Waals surface area contributed by atoms with Gasteiger partial charge in [-0.25, -0.2) is 0 Å². The monoisotopic (exact) mass is 406 g/mol. The molecule has 4 nitrogen and oxygen atoms in total. The summed E-state index contributed by atoms with van der Waals surface area (Å²) in [5.41, 5.74) is 8.14. The summed E-state index contributed by atoms with van der Waals surface area (Å²) in [5.74, 6) is 0.822. The summed E-state index contributed by atoms with van der Waals surface area (Å²) in [4.78, 5) is 12.6. The number of hydrogen-bond donors (Lipinski definition) is 3. The van der Waals surface area contributed by atoms with Crippen LogP contribution in [0.3, 0.4) is 0 Å². The Morgan fingerprint density at radius 1 is 1.37 bits per heavy atom. The van der Waals surface area contributed by atoms with E-state index in [9.17, 15) is 9.90 Å². The Hall–Kier alpha value is -1.01. The lowest BCUT2D eigenvalue weighted by Crippen LogP contribution is -2.62. The second kappa shape index (κ2) is 7.43. The number of halogens is 1. The predicted octanol–water partition coefficient (Wildman–Crippen LogP) is 3.16. The maximum Gasteiger partial charge on any atom is 0.234 e. The van der Waals surface area contributed by atoms with E-state index in [2.05, 4.69) is 43.4 Å². The molecule has 0 radical (unpaired) electrons. The van der Waals surface area contributed by atoms with Gasteiger partial charge in [0.25, 0.3) is 0 Å². The molecule has 1 aliphatic carbocycles. The number of nitrogens with one attached hydrogen (secondary N) is 1. The number of carbonyl (C=O) groups is 1. The van der Waals surface area contributed by atoms with Crippen molar-refractivity contribution in [1.82, 2.24) is 5.32 Å². The molecule has 0 aromatic heterocycles. The maximum atomic E-state index is 12.6. The van der Waals surface area contributed by atoms with Crippen molar-refractivity contribution in [2.75, 3.05) is 6.54 Å².